The second kappa shape index (κ2) is 5.57. The van der Waals surface area contributed by atoms with E-state index in [4.69, 9.17) is 5.73 Å². The molecule has 0 atom stereocenters. The van der Waals surface area contributed by atoms with Crippen LogP contribution in [0.3, 0.4) is 0 Å². The maximum absolute atomic E-state index is 11.5. The number of nitrogens with zero attached hydrogens (tertiary/aromatic N) is 2. The van der Waals surface area contributed by atoms with E-state index in [0.29, 0.717) is 16.9 Å². The Morgan fingerprint density at radius 1 is 1.22 bits per heavy atom. The number of anilines is 2. The van der Waals surface area contributed by atoms with Gasteiger partial charge >= 0.3 is 5.97 Å². The lowest BCUT2D eigenvalue weighted by Crippen LogP contribution is -2.03. The predicted octanol–water partition coefficient (Wildman–Crippen LogP) is 2.93. The Morgan fingerprint density at radius 3 is 2.70 bits per heavy atom. The van der Waals surface area contributed by atoms with E-state index in [0.717, 1.165) is 16.5 Å². The summed E-state index contributed by atoms with van der Waals surface area (Å²) in [5, 5.41) is 13.3. The molecule has 0 spiro atoms. The number of nitrogens with one attached hydrogen (secondary N) is 1. The SMILES string of the molecule is CNc1nc(N)nc2cc(-c3c(C)cccc3C(=O)O)ccc12. The van der Waals surface area contributed by atoms with E-state index in [1.807, 2.05) is 31.2 Å². The van der Waals surface area contributed by atoms with Gasteiger partial charge in [0, 0.05) is 12.4 Å². The second-order valence-electron chi connectivity index (χ2n) is 5.21. The van der Waals surface area contributed by atoms with Crippen LogP contribution in [0.5, 0.6) is 0 Å². The molecule has 0 amide bonds. The summed E-state index contributed by atoms with van der Waals surface area (Å²) >= 11 is 0. The lowest BCUT2D eigenvalue weighted by molar-refractivity contribution is 0.0697. The van der Waals surface area contributed by atoms with Gasteiger partial charge in [0.2, 0.25) is 5.95 Å². The van der Waals surface area contributed by atoms with Crippen LogP contribution in [0.2, 0.25) is 0 Å². The first-order valence-electron chi connectivity index (χ1n) is 7.09. The van der Waals surface area contributed by atoms with Gasteiger partial charge in [-0.15, -0.1) is 0 Å². The summed E-state index contributed by atoms with van der Waals surface area (Å²) in [4.78, 5) is 19.9. The molecule has 3 aromatic rings. The molecule has 0 aliphatic carbocycles. The third-order valence-corrected chi connectivity index (χ3v) is 3.74. The minimum Gasteiger partial charge on any atom is -0.478 e. The summed E-state index contributed by atoms with van der Waals surface area (Å²) in [6.45, 7) is 1.89. The van der Waals surface area contributed by atoms with Crippen molar-refractivity contribution >= 4 is 28.6 Å². The van der Waals surface area contributed by atoms with Crippen LogP contribution in [0.15, 0.2) is 36.4 Å². The van der Waals surface area contributed by atoms with Crippen molar-refractivity contribution in [2.75, 3.05) is 18.1 Å². The number of aromatic nitrogens is 2. The highest BCUT2D eigenvalue weighted by atomic mass is 16.4. The molecule has 0 saturated heterocycles. The van der Waals surface area contributed by atoms with Crippen LogP contribution in [0.1, 0.15) is 15.9 Å². The topological polar surface area (TPSA) is 101 Å². The number of aromatic carboxylic acids is 1. The van der Waals surface area contributed by atoms with Gasteiger partial charge in [-0.25, -0.2) is 9.78 Å². The number of benzene rings is 2. The fourth-order valence-corrected chi connectivity index (χ4v) is 2.72. The van der Waals surface area contributed by atoms with Crippen molar-refractivity contribution in [2.24, 2.45) is 0 Å². The largest absolute Gasteiger partial charge is 0.478 e. The number of rotatable bonds is 3. The van der Waals surface area contributed by atoms with Gasteiger partial charge < -0.3 is 16.2 Å². The van der Waals surface area contributed by atoms with Crippen molar-refractivity contribution in [3.05, 3.63) is 47.5 Å². The molecule has 116 valence electrons. The quantitative estimate of drug-likeness (QED) is 0.687. The van der Waals surface area contributed by atoms with E-state index in [1.165, 1.54) is 0 Å². The Kier molecular flexibility index (Phi) is 3.57. The maximum Gasteiger partial charge on any atom is 0.336 e. The monoisotopic (exact) mass is 308 g/mol. The van der Waals surface area contributed by atoms with E-state index in [9.17, 15) is 9.90 Å². The summed E-state index contributed by atoms with van der Waals surface area (Å²) in [7, 11) is 1.76. The number of carbonyl (C=O) groups is 1. The first-order valence-corrected chi connectivity index (χ1v) is 7.09. The minimum atomic E-state index is -0.957. The van der Waals surface area contributed by atoms with E-state index >= 15 is 0 Å². The molecule has 2 aromatic carbocycles. The van der Waals surface area contributed by atoms with Crippen molar-refractivity contribution in [3.8, 4) is 11.1 Å². The molecule has 0 fully saturated rings. The Morgan fingerprint density at radius 2 is 2.00 bits per heavy atom. The Labute approximate surface area is 133 Å². The molecular weight excluding hydrogens is 292 g/mol. The Hall–Kier alpha value is -3.15. The number of aryl methyl sites for hydroxylation is 1. The summed E-state index contributed by atoms with van der Waals surface area (Å²) < 4.78 is 0. The number of carboxylic acid groups (broad SMARTS) is 1. The number of hydrogen-bond acceptors (Lipinski definition) is 5. The highest BCUT2D eigenvalue weighted by molar-refractivity contribution is 5.99. The molecule has 0 aliphatic rings. The van der Waals surface area contributed by atoms with E-state index in [2.05, 4.69) is 15.3 Å². The average molecular weight is 308 g/mol. The molecule has 0 radical (unpaired) electrons. The van der Waals surface area contributed by atoms with E-state index in [-0.39, 0.29) is 11.5 Å². The van der Waals surface area contributed by atoms with Gasteiger partial charge in [-0.1, -0.05) is 18.2 Å². The van der Waals surface area contributed by atoms with Gasteiger partial charge in [0.25, 0.3) is 0 Å². The van der Waals surface area contributed by atoms with Gasteiger partial charge in [-0.3, -0.25) is 0 Å². The van der Waals surface area contributed by atoms with Crippen LogP contribution in [0.25, 0.3) is 22.0 Å². The number of carboxylic acids is 1. The third kappa shape index (κ3) is 2.55. The van der Waals surface area contributed by atoms with Gasteiger partial charge in [-0.2, -0.15) is 4.98 Å². The molecule has 0 unspecified atom stereocenters. The van der Waals surface area contributed by atoms with Crippen molar-refractivity contribution in [3.63, 3.8) is 0 Å². The fourth-order valence-electron chi connectivity index (χ4n) is 2.72. The first kappa shape index (κ1) is 14.8. The van der Waals surface area contributed by atoms with Crippen LogP contribution in [-0.4, -0.2) is 28.1 Å². The molecule has 1 aromatic heterocycles. The standard InChI is InChI=1S/C17H16N4O2/c1-9-4-3-5-12(16(22)23)14(9)10-6-7-11-13(8-10)20-17(18)21-15(11)19-2/h3-8H,1-2H3,(H,22,23)(H3,18,19,20,21). The van der Waals surface area contributed by atoms with Gasteiger partial charge in [0.15, 0.2) is 0 Å². The van der Waals surface area contributed by atoms with E-state index < -0.39 is 5.97 Å². The predicted molar refractivity (Wildman–Crippen MR) is 90.6 cm³/mol. The lowest BCUT2D eigenvalue weighted by atomic mass is 9.94. The zero-order valence-corrected chi connectivity index (χ0v) is 12.8. The molecule has 0 aliphatic heterocycles. The molecule has 6 heteroatoms. The number of fused-ring (bicyclic) bond motifs is 1. The van der Waals surface area contributed by atoms with Crippen LogP contribution in [0.4, 0.5) is 11.8 Å². The lowest BCUT2D eigenvalue weighted by Gasteiger charge is -2.12. The maximum atomic E-state index is 11.5. The smallest absolute Gasteiger partial charge is 0.336 e. The summed E-state index contributed by atoms with van der Waals surface area (Å²) in [5.74, 6) is -0.147. The first-order chi connectivity index (χ1) is 11.0. The highest BCUT2D eigenvalue weighted by Crippen LogP contribution is 2.31. The molecule has 4 N–H and O–H groups in total. The van der Waals surface area contributed by atoms with Crippen molar-refractivity contribution < 1.29 is 9.90 Å². The fraction of sp³-hybridized carbons (Fsp3) is 0.118. The van der Waals surface area contributed by atoms with Gasteiger partial charge in [-0.05, 0) is 41.8 Å². The molecule has 6 nitrogen and oxygen atoms in total. The summed E-state index contributed by atoms with van der Waals surface area (Å²) in [6, 6.07) is 10.8. The number of nitrogen functional groups attached to an aromatic ring is 1. The second-order valence-corrected chi connectivity index (χ2v) is 5.21. The molecule has 3 rings (SSSR count). The van der Waals surface area contributed by atoms with E-state index in [1.54, 1.807) is 19.2 Å². The molecular formula is C17H16N4O2. The summed E-state index contributed by atoms with van der Waals surface area (Å²) in [5.41, 5.74) is 9.03. The molecule has 23 heavy (non-hydrogen) atoms. The highest BCUT2D eigenvalue weighted by Gasteiger charge is 2.15. The normalized spacial score (nSPS) is 10.7. The zero-order valence-electron chi connectivity index (χ0n) is 12.8. The molecule has 0 saturated carbocycles. The average Bonchev–Trinajstić information content (AvgIpc) is 2.53. The van der Waals surface area contributed by atoms with Crippen LogP contribution in [-0.2, 0) is 0 Å². The molecule has 0 bridgehead atoms. The van der Waals surface area contributed by atoms with Crippen molar-refractivity contribution in [1.82, 2.24) is 9.97 Å². The minimum absolute atomic E-state index is 0.169. The van der Waals surface area contributed by atoms with Crippen molar-refractivity contribution in [1.29, 1.82) is 0 Å². The Bertz CT molecular complexity index is 922. The zero-order chi connectivity index (χ0) is 16.6. The van der Waals surface area contributed by atoms with Gasteiger partial charge in [0.05, 0.1) is 11.1 Å². The summed E-state index contributed by atoms with van der Waals surface area (Å²) in [6.07, 6.45) is 0. The molecule has 1 heterocycles. The number of nitrogens with two attached hydrogens (primary N) is 1. The van der Waals surface area contributed by atoms with Crippen LogP contribution >= 0.6 is 0 Å². The van der Waals surface area contributed by atoms with Crippen molar-refractivity contribution in [2.45, 2.75) is 6.92 Å². The Balaban J connectivity index is 2.29. The van der Waals surface area contributed by atoms with Gasteiger partial charge in [0.1, 0.15) is 5.82 Å². The van der Waals surface area contributed by atoms with Crippen LogP contribution in [0, 0.1) is 6.92 Å². The van der Waals surface area contributed by atoms with Crippen LogP contribution < -0.4 is 11.1 Å². The number of hydrogen-bond donors (Lipinski definition) is 3. The third-order valence-electron chi connectivity index (χ3n) is 3.74.